The zero-order valence-electron chi connectivity index (χ0n) is 10.8. The number of methoxy groups -OCH3 is 1. The Balaban J connectivity index is 3.15. The molecule has 0 aliphatic rings. The molecule has 0 bridgehead atoms. The zero-order valence-corrected chi connectivity index (χ0v) is 10.8. The van der Waals surface area contributed by atoms with Crippen LogP contribution in [0.1, 0.15) is 33.6 Å². The number of unbranched alkanes of at least 4 members (excludes halogenated alkanes) is 1. The Hall–Kier alpha value is -0.120. The molecule has 0 aromatic rings. The van der Waals surface area contributed by atoms with Gasteiger partial charge in [-0.05, 0) is 38.8 Å². The van der Waals surface area contributed by atoms with Gasteiger partial charge in [-0.25, -0.2) is 0 Å². The van der Waals surface area contributed by atoms with E-state index >= 15 is 0 Å². The van der Waals surface area contributed by atoms with Crippen molar-refractivity contribution in [2.24, 2.45) is 5.92 Å². The summed E-state index contributed by atoms with van der Waals surface area (Å²) in [5, 5.41) is 6.95. The van der Waals surface area contributed by atoms with Gasteiger partial charge in [0, 0.05) is 26.3 Å². The lowest BCUT2D eigenvalue weighted by atomic mass is 10.2. The monoisotopic (exact) mass is 216 g/mol. The van der Waals surface area contributed by atoms with Crippen LogP contribution in [0, 0.1) is 5.92 Å². The van der Waals surface area contributed by atoms with Crippen molar-refractivity contribution in [1.82, 2.24) is 10.6 Å². The van der Waals surface area contributed by atoms with Gasteiger partial charge in [0.25, 0.3) is 0 Å². The largest absolute Gasteiger partial charge is 0.385 e. The van der Waals surface area contributed by atoms with E-state index in [1.807, 2.05) is 0 Å². The summed E-state index contributed by atoms with van der Waals surface area (Å²) in [6.45, 7) is 10.8. The van der Waals surface area contributed by atoms with Gasteiger partial charge in [-0.3, -0.25) is 0 Å². The second-order valence-electron chi connectivity index (χ2n) is 4.61. The standard InChI is InChI=1S/C12H28N2O/c1-11(2)9-13-10-12(3)14-7-5-6-8-15-4/h11-14H,5-10H2,1-4H3. The van der Waals surface area contributed by atoms with E-state index in [0.717, 1.165) is 38.6 Å². The molecule has 1 unspecified atom stereocenters. The van der Waals surface area contributed by atoms with Crippen molar-refractivity contribution in [3.8, 4) is 0 Å². The molecule has 0 radical (unpaired) electrons. The third-order valence-electron chi connectivity index (χ3n) is 2.27. The first-order valence-corrected chi connectivity index (χ1v) is 6.09. The molecule has 0 aromatic carbocycles. The summed E-state index contributed by atoms with van der Waals surface area (Å²) in [6, 6.07) is 0.561. The van der Waals surface area contributed by atoms with E-state index in [9.17, 15) is 0 Å². The molecule has 0 fully saturated rings. The summed E-state index contributed by atoms with van der Waals surface area (Å²) < 4.78 is 5.00. The molecule has 0 saturated carbocycles. The molecule has 3 heteroatoms. The van der Waals surface area contributed by atoms with Crippen LogP contribution in [0.3, 0.4) is 0 Å². The highest BCUT2D eigenvalue weighted by atomic mass is 16.5. The highest BCUT2D eigenvalue weighted by Crippen LogP contribution is 1.90. The lowest BCUT2D eigenvalue weighted by Crippen LogP contribution is -2.38. The van der Waals surface area contributed by atoms with Crippen molar-refractivity contribution in [3.63, 3.8) is 0 Å². The van der Waals surface area contributed by atoms with Gasteiger partial charge >= 0.3 is 0 Å². The molecule has 3 nitrogen and oxygen atoms in total. The van der Waals surface area contributed by atoms with Crippen LogP contribution < -0.4 is 10.6 Å². The Kier molecular flexibility index (Phi) is 10.3. The maximum Gasteiger partial charge on any atom is 0.0462 e. The molecule has 0 aromatic heterocycles. The first-order chi connectivity index (χ1) is 7.16. The molecule has 15 heavy (non-hydrogen) atoms. The molecule has 0 spiro atoms. The number of rotatable bonds is 10. The van der Waals surface area contributed by atoms with Crippen molar-refractivity contribution in [1.29, 1.82) is 0 Å². The number of hydrogen-bond donors (Lipinski definition) is 2. The molecule has 0 saturated heterocycles. The van der Waals surface area contributed by atoms with E-state index in [1.165, 1.54) is 6.42 Å². The van der Waals surface area contributed by atoms with E-state index in [0.29, 0.717) is 6.04 Å². The van der Waals surface area contributed by atoms with Crippen LogP contribution >= 0.6 is 0 Å². The molecule has 0 amide bonds. The Morgan fingerprint density at radius 3 is 2.40 bits per heavy atom. The predicted octanol–water partition coefficient (Wildman–Crippen LogP) is 1.64. The summed E-state index contributed by atoms with van der Waals surface area (Å²) in [4.78, 5) is 0. The molecule has 0 heterocycles. The van der Waals surface area contributed by atoms with Gasteiger partial charge in [-0.1, -0.05) is 13.8 Å². The normalized spacial score (nSPS) is 13.4. The molecular formula is C12H28N2O. The summed E-state index contributed by atoms with van der Waals surface area (Å²) in [6.07, 6.45) is 2.35. The zero-order chi connectivity index (χ0) is 11.5. The summed E-state index contributed by atoms with van der Waals surface area (Å²) >= 11 is 0. The molecule has 1 atom stereocenters. The smallest absolute Gasteiger partial charge is 0.0462 e. The lowest BCUT2D eigenvalue weighted by molar-refractivity contribution is 0.192. The van der Waals surface area contributed by atoms with E-state index < -0.39 is 0 Å². The third kappa shape index (κ3) is 11.8. The van der Waals surface area contributed by atoms with Gasteiger partial charge in [0.1, 0.15) is 0 Å². The molecule has 0 aliphatic carbocycles. The summed E-state index contributed by atoms with van der Waals surface area (Å²) in [5.41, 5.74) is 0. The molecule has 92 valence electrons. The van der Waals surface area contributed by atoms with E-state index in [1.54, 1.807) is 7.11 Å². The lowest BCUT2D eigenvalue weighted by Gasteiger charge is -2.15. The number of nitrogens with one attached hydrogen (secondary N) is 2. The van der Waals surface area contributed by atoms with Crippen LogP contribution in [0.5, 0.6) is 0 Å². The van der Waals surface area contributed by atoms with Crippen LogP contribution in [0.2, 0.25) is 0 Å². The van der Waals surface area contributed by atoms with E-state index in [2.05, 4.69) is 31.4 Å². The predicted molar refractivity (Wildman–Crippen MR) is 66.3 cm³/mol. The van der Waals surface area contributed by atoms with E-state index in [-0.39, 0.29) is 0 Å². The maximum absolute atomic E-state index is 5.00. The Labute approximate surface area is 95.0 Å². The van der Waals surface area contributed by atoms with Crippen molar-refractivity contribution >= 4 is 0 Å². The second-order valence-corrected chi connectivity index (χ2v) is 4.61. The van der Waals surface area contributed by atoms with Crippen LogP contribution in [-0.4, -0.2) is 39.4 Å². The van der Waals surface area contributed by atoms with E-state index in [4.69, 9.17) is 4.74 Å². The first kappa shape index (κ1) is 14.9. The van der Waals surface area contributed by atoms with Crippen molar-refractivity contribution in [3.05, 3.63) is 0 Å². The highest BCUT2D eigenvalue weighted by Gasteiger charge is 2.00. The van der Waals surface area contributed by atoms with Crippen molar-refractivity contribution < 1.29 is 4.74 Å². The SMILES string of the molecule is COCCCCNC(C)CNCC(C)C. The fraction of sp³-hybridized carbons (Fsp3) is 1.00. The van der Waals surface area contributed by atoms with Gasteiger partial charge in [-0.2, -0.15) is 0 Å². The van der Waals surface area contributed by atoms with Crippen molar-refractivity contribution in [2.45, 2.75) is 39.7 Å². The van der Waals surface area contributed by atoms with Gasteiger partial charge in [0.15, 0.2) is 0 Å². The number of ether oxygens (including phenoxy) is 1. The van der Waals surface area contributed by atoms with Crippen LogP contribution in [-0.2, 0) is 4.74 Å². The van der Waals surface area contributed by atoms with Crippen LogP contribution in [0.25, 0.3) is 0 Å². The molecule has 0 aliphatic heterocycles. The Morgan fingerprint density at radius 2 is 1.80 bits per heavy atom. The minimum absolute atomic E-state index is 0.561. The Morgan fingerprint density at radius 1 is 1.07 bits per heavy atom. The van der Waals surface area contributed by atoms with Crippen LogP contribution in [0.15, 0.2) is 0 Å². The maximum atomic E-state index is 5.00. The fourth-order valence-corrected chi connectivity index (χ4v) is 1.38. The fourth-order valence-electron chi connectivity index (χ4n) is 1.38. The first-order valence-electron chi connectivity index (χ1n) is 6.09. The van der Waals surface area contributed by atoms with Gasteiger partial charge in [-0.15, -0.1) is 0 Å². The third-order valence-corrected chi connectivity index (χ3v) is 2.27. The highest BCUT2D eigenvalue weighted by molar-refractivity contribution is 4.64. The average Bonchev–Trinajstić information content (AvgIpc) is 2.17. The quantitative estimate of drug-likeness (QED) is 0.545. The minimum atomic E-state index is 0.561. The topological polar surface area (TPSA) is 33.3 Å². The molecule has 0 rings (SSSR count). The minimum Gasteiger partial charge on any atom is -0.385 e. The molecular weight excluding hydrogens is 188 g/mol. The van der Waals surface area contributed by atoms with Gasteiger partial charge in [0.2, 0.25) is 0 Å². The second kappa shape index (κ2) is 10.4. The average molecular weight is 216 g/mol. The van der Waals surface area contributed by atoms with Gasteiger partial charge < -0.3 is 15.4 Å². The Bertz CT molecular complexity index is 129. The summed E-state index contributed by atoms with van der Waals surface area (Å²) in [5.74, 6) is 0.735. The number of hydrogen-bond acceptors (Lipinski definition) is 3. The summed E-state index contributed by atoms with van der Waals surface area (Å²) in [7, 11) is 1.76. The molecule has 2 N–H and O–H groups in total. The van der Waals surface area contributed by atoms with Crippen molar-refractivity contribution in [2.75, 3.05) is 33.4 Å². The van der Waals surface area contributed by atoms with Crippen LogP contribution in [0.4, 0.5) is 0 Å². The van der Waals surface area contributed by atoms with Gasteiger partial charge in [0.05, 0.1) is 0 Å².